The number of benzene rings is 1. The molecule has 2 fully saturated rings. The lowest BCUT2D eigenvalue weighted by Gasteiger charge is -2.42. The van der Waals surface area contributed by atoms with E-state index in [1.54, 1.807) is 7.11 Å². The molecule has 3 rings (SSSR count). The Morgan fingerprint density at radius 1 is 1.19 bits per heavy atom. The SMILES string of the molecule is COCC1(C(=O)N2CCC(NC(=O)c3ccccc3)CC2)CCNCC1. The Bertz CT molecular complexity index is 600. The van der Waals surface area contributed by atoms with Gasteiger partial charge in [0.05, 0.1) is 12.0 Å². The molecule has 2 aliphatic heterocycles. The number of ether oxygens (including phenoxy) is 1. The smallest absolute Gasteiger partial charge is 0.251 e. The molecule has 1 aromatic carbocycles. The van der Waals surface area contributed by atoms with E-state index in [-0.39, 0.29) is 23.3 Å². The van der Waals surface area contributed by atoms with Crippen LogP contribution in [0.2, 0.25) is 0 Å². The van der Waals surface area contributed by atoms with Gasteiger partial charge in [0.25, 0.3) is 5.91 Å². The highest BCUT2D eigenvalue weighted by Crippen LogP contribution is 2.32. The summed E-state index contributed by atoms with van der Waals surface area (Å²) in [5.74, 6) is 0.179. The number of nitrogens with one attached hydrogen (secondary N) is 2. The predicted octanol–water partition coefficient (Wildman–Crippen LogP) is 1.42. The largest absolute Gasteiger partial charge is 0.384 e. The van der Waals surface area contributed by atoms with E-state index in [0.29, 0.717) is 25.3 Å². The second kappa shape index (κ2) is 8.64. The van der Waals surface area contributed by atoms with Gasteiger partial charge < -0.3 is 20.3 Å². The number of piperidine rings is 2. The molecule has 6 nitrogen and oxygen atoms in total. The second-order valence-corrected chi connectivity index (χ2v) is 7.37. The van der Waals surface area contributed by atoms with Gasteiger partial charge in [-0.2, -0.15) is 0 Å². The van der Waals surface area contributed by atoms with Gasteiger partial charge in [0.15, 0.2) is 0 Å². The fourth-order valence-electron chi connectivity index (χ4n) is 4.02. The first-order valence-corrected chi connectivity index (χ1v) is 9.49. The maximum absolute atomic E-state index is 13.1. The number of hydrogen-bond acceptors (Lipinski definition) is 4. The van der Waals surface area contributed by atoms with E-state index in [1.165, 1.54) is 0 Å². The minimum Gasteiger partial charge on any atom is -0.384 e. The highest BCUT2D eigenvalue weighted by atomic mass is 16.5. The summed E-state index contributed by atoms with van der Waals surface area (Å²) in [5.41, 5.74) is 0.292. The Balaban J connectivity index is 1.54. The van der Waals surface area contributed by atoms with E-state index >= 15 is 0 Å². The number of carbonyl (C=O) groups excluding carboxylic acids is 2. The molecule has 26 heavy (non-hydrogen) atoms. The number of amides is 2. The zero-order chi connectivity index (χ0) is 18.4. The second-order valence-electron chi connectivity index (χ2n) is 7.37. The van der Waals surface area contributed by atoms with Crippen LogP contribution in [0.5, 0.6) is 0 Å². The maximum atomic E-state index is 13.1. The summed E-state index contributed by atoms with van der Waals surface area (Å²) in [7, 11) is 1.67. The Morgan fingerprint density at radius 3 is 2.46 bits per heavy atom. The monoisotopic (exact) mass is 359 g/mol. The van der Waals surface area contributed by atoms with Gasteiger partial charge in [-0.25, -0.2) is 0 Å². The van der Waals surface area contributed by atoms with Crippen LogP contribution in [-0.2, 0) is 9.53 Å². The molecule has 2 aliphatic rings. The summed E-state index contributed by atoms with van der Waals surface area (Å²) < 4.78 is 5.39. The third-order valence-corrected chi connectivity index (χ3v) is 5.59. The molecule has 1 aromatic rings. The lowest BCUT2D eigenvalue weighted by molar-refractivity contribution is -0.148. The molecule has 0 unspecified atom stereocenters. The van der Waals surface area contributed by atoms with Crippen LogP contribution < -0.4 is 10.6 Å². The molecule has 2 saturated heterocycles. The van der Waals surface area contributed by atoms with Crippen LogP contribution in [0, 0.1) is 5.41 Å². The molecule has 0 aliphatic carbocycles. The Kier molecular flexibility index (Phi) is 6.27. The van der Waals surface area contributed by atoms with E-state index in [2.05, 4.69) is 10.6 Å². The molecule has 0 radical (unpaired) electrons. The van der Waals surface area contributed by atoms with Gasteiger partial charge in [-0.1, -0.05) is 18.2 Å². The van der Waals surface area contributed by atoms with Crippen LogP contribution in [-0.4, -0.2) is 62.7 Å². The van der Waals surface area contributed by atoms with Crippen molar-refractivity contribution in [3.05, 3.63) is 35.9 Å². The quantitative estimate of drug-likeness (QED) is 0.834. The highest BCUT2D eigenvalue weighted by Gasteiger charge is 2.43. The summed E-state index contributed by atoms with van der Waals surface area (Å²) in [4.78, 5) is 27.4. The van der Waals surface area contributed by atoms with Crippen molar-refractivity contribution in [1.82, 2.24) is 15.5 Å². The van der Waals surface area contributed by atoms with Crippen molar-refractivity contribution in [2.24, 2.45) is 5.41 Å². The van der Waals surface area contributed by atoms with Crippen LogP contribution in [0.1, 0.15) is 36.0 Å². The summed E-state index contributed by atoms with van der Waals surface area (Å²) in [5, 5.41) is 6.42. The Hall–Kier alpha value is -1.92. The van der Waals surface area contributed by atoms with Crippen molar-refractivity contribution in [2.45, 2.75) is 31.7 Å². The summed E-state index contributed by atoms with van der Waals surface area (Å²) in [6.07, 6.45) is 3.24. The molecule has 2 amide bonds. The summed E-state index contributed by atoms with van der Waals surface area (Å²) >= 11 is 0. The lowest BCUT2D eigenvalue weighted by atomic mass is 9.78. The van der Waals surface area contributed by atoms with Gasteiger partial charge in [0.2, 0.25) is 5.91 Å². The van der Waals surface area contributed by atoms with Crippen LogP contribution in [0.25, 0.3) is 0 Å². The number of methoxy groups -OCH3 is 1. The molecule has 2 N–H and O–H groups in total. The Morgan fingerprint density at radius 2 is 1.85 bits per heavy atom. The maximum Gasteiger partial charge on any atom is 0.251 e. The number of rotatable bonds is 5. The van der Waals surface area contributed by atoms with Crippen molar-refractivity contribution in [3.63, 3.8) is 0 Å². The number of likely N-dealkylation sites (tertiary alicyclic amines) is 1. The lowest BCUT2D eigenvalue weighted by Crippen LogP contribution is -2.55. The minimum absolute atomic E-state index is 0.0374. The number of hydrogen-bond donors (Lipinski definition) is 2. The molecular weight excluding hydrogens is 330 g/mol. The molecule has 2 heterocycles. The van der Waals surface area contributed by atoms with Crippen molar-refractivity contribution in [2.75, 3.05) is 39.9 Å². The third-order valence-electron chi connectivity index (χ3n) is 5.59. The van der Waals surface area contributed by atoms with Gasteiger partial charge in [0.1, 0.15) is 0 Å². The van der Waals surface area contributed by atoms with Crippen molar-refractivity contribution >= 4 is 11.8 Å². The van der Waals surface area contributed by atoms with Gasteiger partial charge in [-0.05, 0) is 50.9 Å². The highest BCUT2D eigenvalue weighted by molar-refractivity contribution is 5.94. The van der Waals surface area contributed by atoms with Gasteiger partial charge >= 0.3 is 0 Å². The van der Waals surface area contributed by atoms with E-state index in [1.807, 2.05) is 35.2 Å². The standard InChI is InChI=1S/C20H29N3O3/c1-26-15-20(9-11-21-12-10-20)19(25)23-13-7-17(8-14-23)22-18(24)16-5-3-2-4-6-16/h2-6,17,21H,7-15H2,1H3,(H,22,24). The van der Waals surface area contributed by atoms with Crippen molar-refractivity contribution in [1.29, 1.82) is 0 Å². The number of nitrogens with zero attached hydrogens (tertiary/aromatic N) is 1. The first kappa shape index (κ1) is 18.9. The third kappa shape index (κ3) is 4.24. The van der Waals surface area contributed by atoms with Gasteiger partial charge in [0, 0.05) is 31.8 Å². The molecular formula is C20H29N3O3. The zero-order valence-electron chi connectivity index (χ0n) is 15.5. The van der Waals surface area contributed by atoms with E-state index in [4.69, 9.17) is 4.74 Å². The molecule has 0 aromatic heterocycles. The van der Waals surface area contributed by atoms with E-state index in [0.717, 1.165) is 38.8 Å². The van der Waals surface area contributed by atoms with E-state index < -0.39 is 0 Å². The fraction of sp³-hybridized carbons (Fsp3) is 0.600. The minimum atomic E-state index is -0.389. The summed E-state index contributed by atoms with van der Waals surface area (Å²) in [6, 6.07) is 9.39. The van der Waals surface area contributed by atoms with Gasteiger partial charge in [-0.3, -0.25) is 9.59 Å². The Labute approximate surface area is 155 Å². The average molecular weight is 359 g/mol. The van der Waals surface area contributed by atoms with Gasteiger partial charge in [-0.15, -0.1) is 0 Å². The van der Waals surface area contributed by atoms with Crippen LogP contribution in [0.3, 0.4) is 0 Å². The molecule has 0 saturated carbocycles. The zero-order valence-corrected chi connectivity index (χ0v) is 15.5. The van der Waals surface area contributed by atoms with Crippen LogP contribution in [0.4, 0.5) is 0 Å². The first-order valence-electron chi connectivity index (χ1n) is 9.49. The predicted molar refractivity (Wildman–Crippen MR) is 99.9 cm³/mol. The molecule has 0 atom stereocenters. The molecule has 0 spiro atoms. The first-order chi connectivity index (χ1) is 12.6. The summed E-state index contributed by atoms with van der Waals surface area (Å²) in [6.45, 7) is 3.59. The fourth-order valence-corrected chi connectivity index (χ4v) is 4.02. The average Bonchev–Trinajstić information content (AvgIpc) is 2.69. The van der Waals surface area contributed by atoms with Crippen LogP contribution >= 0.6 is 0 Å². The van der Waals surface area contributed by atoms with Crippen molar-refractivity contribution in [3.8, 4) is 0 Å². The normalized spacial score (nSPS) is 20.6. The molecule has 6 heteroatoms. The van der Waals surface area contributed by atoms with E-state index in [9.17, 15) is 9.59 Å². The topological polar surface area (TPSA) is 70.7 Å². The molecule has 0 bridgehead atoms. The van der Waals surface area contributed by atoms with Crippen molar-refractivity contribution < 1.29 is 14.3 Å². The van der Waals surface area contributed by atoms with Crippen LogP contribution in [0.15, 0.2) is 30.3 Å². The number of carbonyl (C=O) groups is 2. The molecule has 142 valence electrons.